The number of rotatable bonds is 7. The summed E-state index contributed by atoms with van der Waals surface area (Å²) in [5.74, 6) is 0.286. The molecule has 0 aromatic carbocycles. The highest BCUT2D eigenvalue weighted by molar-refractivity contribution is 5.91. The second kappa shape index (κ2) is 8.00. The van der Waals surface area contributed by atoms with Crippen LogP contribution in [0.2, 0.25) is 0 Å². The van der Waals surface area contributed by atoms with Gasteiger partial charge in [0.1, 0.15) is 0 Å². The molecule has 1 aromatic heterocycles. The summed E-state index contributed by atoms with van der Waals surface area (Å²) in [6, 6.07) is 3.42. The largest absolute Gasteiger partial charge is 0.459 e. The van der Waals surface area contributed by atoms with Crippen molar-refractivity contribution in [3.63, 3.8) is 0 Å². The van der Waals surface area contributed by atoms with E-state index in [4.69, 9.17) is 4.42 Å². The summed E-state index contributed by atoms with van der Waals surface area (Å²) in [5, 5.41) is 2.88. The van der Waals surface area contributed by atoms with Gasteiger partial charge in [-0.25, -0.2) is 0 Å². The number of likely N-dealkylation sites (tertiary alicyclic amines) is 1. The van der Waals surface area contributed by atoms with Gasteiger partial charge in [-0.1, -0.05) is 12.8 Å². The Morgan fingerprint density at radius 2 is 2.05 bits per heavy atom. The van der Waals surface area contributed by atoms with Crippen LogP contribution in [-0.2, 0) is 0 Å². The van der Waals surface area contributed by atoms with Gasteiger partial charge in [0.2, 0.25) is 0 Å². The molecular weight excluding hydrogens is 240 g/mol. The molecule has 4 heteroatoms. The fourth-order valence-corrected chi connectivity index (χ4v) is 2.52. The van der Waals surface area contributed by atoms with Crippen molar-refractivity contribution in [2.45, 2.75) is 38.5 Å². The Balaban J connectivity index is 1.47. The van der Waals surface area contributed by atoms with Crippen molar-refractivity contribution in [2.75, 3.05) is 26.2 Å². The second-order valence-electron chi connectivity index (χ2n) is 5.20. The van der Waals surface area contributed by atoms with E-state index in [9.17, 15) is 4.79 Å². The topological polar surface area (TPSA) is 45.5 Å². The normalized spacial score (nSPS) is 16.4. The molecule has 0 bridgehead atoms. The second-order valence-corrected chi connectivity index (χ2v) is 5.20. The predicted molar refractivity (Wildman–Crippen MR) is 75.2 cm³/mol. The van der Waals surface area contributed by atoms with Gasteiger partial charge in [-0.05, 0) is 57.5 Å². The first-order valence-corrected chi connectivity index (χ1v) is 7.40. The highest BCUT2D eigenvalue weighted by Gasteiger charge is 2.09. The lowest BCUT2D eigenvalue weighted by Crippen LogP contribution is -2.30. The number of nitrogens with zero attached hydrogens (tertiary/aromatic N) is 1. The highest BCUT2D eigenvalue weighted by Crippen LogP contribution is 2.09. The van der Waals surface area contributed by atoms with Crippen LogP contribution in [0.5, 0.6) is 0 Å². The first-order chi connectivity index (χ1) is 9.36. The van der Waals surface area contributed by atoms with Gasteiger partial charge < -0.3 is 14.6 Å². The minimum atomic E-state index is -0.110. The van der Waals surface area contributed by atoms with E-state index in [0.717, 1.165) is 13.0 Å². The molecule has 0 spiro atoms. The van der Waals surface area contributed by atoms with Gasteiger partial charge in [-0.2, -0.15) is 0 Å². The van der Waals surface area contributed by atoms with Crippen molar-refractivity contribution in [3.8, 4) is 0 Å². The Labute approximate surface area is 115 Å². The maximum atomic E-state index is 11.6. The molecule has 1 aromatic rings. The van der Waals surface area contributed by atoms with Crippen LogP contribution in [0, 0.1) is 0 Å². The summed E-state index contributed by atoms with van der Waals surface area (Å²) in [7, 11) is 0. The van der Waals surface area contributed by atoms with Gasteiger partial charge in [0.25, 0.3) is 5.91 Å². The quantitative estimate of drug-likeness (QED) is 0.770. The van der Waals surface area contributed by atoms with Crippen LogP contribution in [0.15, 0.2) is 22.8 Å². The van der Waals surface area contributed by atoms with Gasteiger partial charge in [0.05, 0.1) is 6.26 Å². The van der Waals surface area contributed by atoms with Gasteiger partial charge in [-0.3, -0.25) is 4.79 Å². The third-order valence-corrected chi connectivity index (χ3v) is 3.63. The predicted octanol–water partition coefficient (Wildman–Crippen LogP) is 2.67. The number of carbonyl (C=O) groups is 1. The maximum Gasteiger partial charge on any atom is 0.286 e. The Kier molecular flexibility index (Phi) is 5.95. The molecular formula is C15H24N2O2. The summed E-state index contributed by atoms with van der Waals surface area (Å²) < 4.78 is 5.03. The molecule has 1 aliphatic heterocycles. The summed E-state index contributed by atoms with van der Waals surface area (Å²) in [6.45, 7) is 4.50. The molecule has 0 atom stereocenters. The number of hydrogen-bond acceptors (Lipinski definition) is 3. The highest BCUT2D eigenvalue weighted by atomic mass is 16.3. The van der Waals surface area contributed by atoms with E-state index in [-0.39, 0.29) is 5.91 Å². The number of hydrogen-bond donors (Lipinski definition) is 1. The number of nitrogens with one attached hydrogen (secondary N) is 1. The van der Waals surface area contributed by atoms with E-state index in [1.807, 2.05) is 0 Å². The molecule has 1 aliphatic rings. The van der Waals surface area contributed by atoms with Crippen molar-refractivity contribution in [1.82, 2.24) is 10.2 Å². The first-order valence-electron chi connectivity index (χ1n) is 7.40. The van der Waals surface area contributed by atoms with Crippen LogP contribution >= 0.6 is 0 Å². The Bertz CT molecular complexity index is 356. The van der Waals surface area contributed by atoms with Gasteiger partial charge in [-0.15, -0.1) is 0 Å². The molecule has 0 aliphatic carbocycles. The minimum absolute atomic E-state index is 0.110. The number of furan rings is 1. The molecule has 106 valence electrons. The summed E-state index contributed by atoms with van der Waals surface area (Å²) >= 11 is 0. The summed E-state index contributed by atoms with van der Waals surface area (Å²) in [5.41, 5.74) is 0. The van der Waals surface area contributed by atoms with Crippen LogP contribution in [0.1, 0.15) is 49.1 Å². The van der Waals surface area contributed by atoms with Crippen LogP contribution < -0.4 is 5.32 Å². The maximum absolute atomic E-state index is 11.6. The standard InChI is InChI=1S/C15H24N2O2/c18-15(14-8-7-13-19-14)16-9-3-1-4-10-17-11-5-2-6-12-17/h7-8,13H,1-6,9-12H2,(H,16,18). The van der Waals surface area contributed by atoms with Crippen molar-refractivity contribution in [2.24, 2.45) is 0 Å². The lowest BCUT2D eigenvalue weighted by molar-refractivity contribution is 0.0925. The van der Waals surface area contributed by atoms with Crippen molar-refractivity contribution < 1.29 is 9.21 Å². The summed E-state index contributed by atoms with van der Waals surface area (Å²) in [6.07, 6.45) is 9.09. The van der Waals surface area contributed by atoms with Gasteiger partial charge in [0, 0.05) is 6.54 Å². The Morgan fingerprint density at radius 1 is 1.21 bits per heavy atom. The lowest BCUT2D eigenvalue weighted by atomic mass is 10.1. The van der Waals surface area contributed by atoms with Gasteiger partial charge in [0.15, 0.2) is 5.76 Å². The third kappa shape index (κ3) is 5.07. The first kappa shape index (κ1) is 14.1. The van der Waals surface area contributed by atoms with Crippen LogP contribution in [0.4, 0.5) is 0 Å². The van der Waals surface area contributed by atoms with Crippen LogP contribution in [0.3, 0.4) is 0 Å². The average Bonchev–Trinajstić information content (AvgIpc) is 2.98. The van der Waals surface area contributed by atoms with E-state index < -0.39 is 0 Å². The Hall–Kier alpha value is -1.29. The SMILES string of the molecule is O=C(NCCCCCN1CCCCC1)c1ccco1. The molecule has 1 saturated heterocycles. The smallest absolute Gasteiger partial charge is 0.286 e. The van der Waals surface area contributed by atoms with Crippen molar-refractivity contribution in [3.05, 3.63) is 24.2 Å². The molecule has 1 fully saturated rings. The molecule has 2 rings (SSSR count). The third-order valence-electron chi connectivity index (χ3n) is 3.63. The number of amides is 1. The zero-order valence-corrected chi connectivity index (χ0v) is 11.6. The van der Waals surface area contributed by atoms with Crippen LogP contribution in [-0.4, -0.2) is 37.0 Å². The lowest BCUT2D eigenvalue weighted by Gasteiger charge is -2.26. The molecule has 4 nitrogen and oxygen atoms in total. The molecule has 1 N–H and O–H groups in total. The minimum Gasteiger partial charge on any atom is -0.459 e. The zero-order valence-electron chi connectivity index (χ0n) is 11.6. The number of carbonyl (C=O) groups excluding carboxylic acids is 1. The average molecular weight is 264 g/mol. The van der Waals surface area contributed by atoms with E-state index in [0.29, 0.717) is 5.76 Å². The molecule has 2 heterocycles. The molecule has 0 saturated carbocycles. The molecule has 1 amide bonds. The van der Waals surface area contributed by atoms with Crippen molar-refractivity contribution >= 4 is 5.91 Å². The van der Waals surface area contributed by atoms with Crippen LogP contribution in [0.25, 0.3) is 0 Å². The molecule has 0 radical (unpaired) electrons. The summed E-state index contributed by atoms with van der Waals surface area (Å²) in [4.78, 5) is 14.1. The van der Waals surface area contributed by atoms with Gasteiger partial charge >= 0.3 is 0 Å². The molecule has 0 unspecified atom stereocenters. The van der Waals surface area contributed by atoms with E-state index in [2.05, 4.69) is 10.2 Å². The fourth-order valence-electron chi connectivity index (χ4n) is 2.52. The zero-order chi connectivity index (χ0) is 13.3. The van der Waals surface area contributed by atoms with E-state index >= 15 is 0 Å². The van der Waals surface area contributed by atoms with Crippen molar-refractivity contribution in [1.29, 1.82) is 0 Å². The fraction of sp³-hybridized carbons (Fsp3) is 0.667. The van der Waals surface area contributed by atoms with E-state index in [1.165, 1.54) is 58.0 Å². The molecule has 19 heavy (non-hydrogen) atoms. The number of piperidine rings is 1. The monoisotopic (exact) mass is 264 g/mol. The Morgan fingerprint density at radius 3 is 2.79 bits per heavy atom. The van der Waals surface area contributed by atoms with E-state index in [1.54, 1.807) is 12.1 Å². The number of unbranched alkanes of at least 4 members (excludes halogenated alkanes) is 2.